The molecule has 0 saturated carbocycles. The van der Waals surface area contributed by atoms with Gasteiger partial charge in [-0.15, -0.1) is 0 Å². The molecule has 0 radical (unpaired) electrons. The molecular formula is C14H10N2O4S. The molecule has 1 aromatic carbocycles. The van der Waals surface area contributed by atoms with E-state index in [0.717, 1.165) is 12.1 Å². The summed E-state index contributed by atoms with van der Waals surface area (Å²) in [4.78, 5) is 3.22. The van der Waals surface area contributed by atoms with E-state index in [9.17, 15) is 18.6 Å². The van der Waals surface area contributed by atoms with E-state index in [1.165, 1.54) is 30.5 Å². The molecule has 6 nitrogen and oxygen atoms in total. The molecule has 1 aromatic heterocycles. The maximum atomic E-state index is 12.3. The van der Waals surface area contributed by atoms with Gasteiger partial charge in [0.1, 0.15) is 6.07 Å². The normalized spacial score (nSPS) is 11.9. The summed E-state index contributed by atoms with van der Waals surface area (Å²) in [7, 11) is -4.03. The highest BCUT2D eigenvalue weighted by molar-refractivity contribution is 7.95. The van der Waals surface area contributed by atoms with Crippen LogP contribution >= 0.6 is 0 Å². The summed E-state index contributed by atoms with van der Waals surface area (Å²) < 4.78 is 24.5. The molecule has 0 aliphatic rings. The van der Waals surface area contributed by atoms with Crippen LogP contribution in [0, 0.1) is 11.3 Å². The molecular weight excluding hydrogens is 292 g/mol. The molecule has 0 atom stereocenters. The van der Waals surface area contributed by atoms with Crippen molar-refractivity contribution < 1.29 is 18.6 Å². The zero-order valence-electron chi connectivity index (χ0n) is 10.6. The first kappa shape index (κ1) is 14.6. The van der Waals surface area contributed by atoms with Crippen molar-refractivity contribution in [3.8, 4) is 17.6 Å². The van der Waals surface area contributed by atoms with E-state index in [1.807, 2.05) is 0 Å². The van der Waals surface area contributed by atoms with Gasteiger partial charge in [-0.05, 0) is 35.9 Å². The van der Waals surface area contributed by atoms with Gasteiger partial charge in [0.2, 0.25) is 9.84 Å². The fraction of sp³-hybridized carbons (Fsp3) is 0. The minimum atomic E-state index is -4.03. The highest BCUT2D eigenvalue weighted by atomic mass is 32.2. The predicted octanol–water partition coefficient (Wildman–Crippen LogP) is 1.83. The lowest BCUT2D eigenvalue weighted by molar-refractivity contribution is 0.403. The predicted molar refractivity (Wildman–Crippen MR) is 74.8 cm³/mol. The first-order valence-electron chi connectivity index (χ1n) is 5.75. The Labute approximate surface area is 121 Å². The van der Waals surface area contributed by atoms with Gasteiger partial charge >= 0.3 is 0 Å². The van der Waals surface area contributed by atoms with Crippen molar-refractivity contribution in [1.29, 1.82) is 5.26 Å². The highest BCUT2D eigenvalue weighted by Crippen LogP contribution is 2.27. The van der Waals surface area contributed by atoms with E-state index in [2.05, 4.69) is 4.98 Å². The second kappa shape index (κ2) is 5.64. The quantitative estimate of drug-likeness (QED) is 0.661. The second-order valence-corrected chi connectivity index (χ2v) is 5.90. The van der Waals surface area contributed by atoms with Crippen molar-refractivity contribution in [3.63, 3.8) is 0 Å². The topological polar surface area (TPSA) is 111 Å². The van der Waals surface area contributed by atoms with E-state index < -0.39 is 20.5 Å². The number of pyridine rings is 1. The van der Waals surface area contributed by atoms with Crippen LogP contribution < -0.4 is 0 Å². The van der Waals surface area contributed by atoms with Gasteiger partial charge in [0, 0.05) is 6.20 Å². The number of nitriles is 1. The molecule has 21 heavy (non-hydrogen) atoms. The largest absolute Gasteiger partial charge is 0.504 e. The van der Waals surface area contributed by atoms with Crippen LogP contribution in [0.5, 0.6) is 11.5 Å². The molecule has 0 amide bonds. The van der Waals surface area contributed by atoms with Gasteiger partial charge in [0.05, 0.1) is 0 Å². The van der Waals surface area contributed by atoms with Gasteiger partial charge in [-0.3, -0.25) is 0 Å². The first-order chi connectivity index (χ1) is 9.95. The van der Waals surface area contributed by atoms with E-state index in [4.69, 9.17) is 5.26 Å². The number of aromatic nitrogens is 1. The zero-order chi connectivity index (χ0) is 15.5. The third-order valence-electron chi connectivity index (χ3n) is 2.61. The van der Waals surface area contributed by atoms with Crippen molar-refractivity contribution in [2.24, 2.45) is 0 Å². The number of benzene rings is 1. The molecule has 0 aliphatic heterocycles. The van der Waals surface area contributed by atoms with Crippen LogP contribution in [0.4, 0.5) is 0 Å². The molecule has 106 valence electrons. The molecule has 1 heterocycles. The number of phenolic OH excluding ortho intramolecular Hbond substituents is 2. The molecule has 0 saturated heterocycles. The Balaban J connectivity index is 2.51. The lowest BCUT2D eigenvalue weighted by atomic mass is 10.2. The van der Waals surface area contributed by atoms with Crippen molar-refractivity contribution in [2.75, 3.05) is 0 Å². The maximum Gasteiger partial charge on any atom is 0.233 e. The summed E-state index contributed by atoms with van der Waals surface area (Å²) in [5.41, 5.74) is 0.265. The minimum absolute atomic E-state index is 0.235. The van der Waals surface area contributed by atoms with Crippen LogP contribution in [0.2, 0.25) is 0 Å². The Morgan fingerprint density at radius 1 is 1.19 bits per heavy atom. The summed E-state index contributed by atoms with van der Waals surface area (Å²) in [5, 5.41) is 27.4. The van der Waals surface area contributed by atoms with Crippen molar-refractivity contribution in [3.05, 3.63) is 53.1 Å². The number of sulfone groups is 1. The van der Waals surface area contributed by atoms with Crippen LogP contribution in [0.3, 0.4) is 0 Å². The number of hydrogen-bond donors (Lipinski definition) is 2. The third-order valence-corrected chi connectivity index (χ3v) is 4.19. The molecule has 0 unspecified atom stereocenters. The van der Waals surface area contributed by atoms with E-state index in [0.29, 0.717) is 0 Å². The molecule has 0 bridgehead atoms. The molecule has 2 rings (SSSR count). The summed E-state index contributed by atoms with van der Waals surface area (Å²) in [6.07, 6.45) is 2.41. The Hall–Kier alpha value is -2.85. The maximum absolute atomic E-state index is 12.3. The van der Waals surface area contributed by atoms with Gasteiger partial charge in [-0.25, -0.2) is 13.4 Å². The summed E-state index contributed by atoms with van der Waals surface area (Å²) >= 11 is 0. The Morgan fingerprint density at radius 3 is 2.52 bits per heavy atom. The van der Waals surface area contributed by atoms with Crippen molar-refractivity contribution in [2.45, 2.75) is 5.03 Å². The average Bonchev–Trinajstić information content (AvgIpc) is 2.49. The molecule has 2 N–H and O–H groups in total. The molecule has 0 aliphatic carbocycles. The SMILES string of the molecule is N#C/C(=C/c1ccc(O)c(O)c1)S(=O)(=O)c1ccccn1. The standard InChI is InChI=1S/C14H10N2O4S/c15-9-11(7-10-4-5-12(17)13(18)8-10)21(19,20)14-3-1-2-6-16-14/h1-8,17-18H/b11-7-. The first-order valence-corrected chi connectivity index (χ1v) is 7.23. The average molecular weight is 302 g/mol. The molecule has 7 heteroatoms. The van der Waals surface area contributed by atoms with Crippen LogP contribution in [0.15, 0.2) is 52.5 Å². The number of phenols is 2. The summed E-state index contributed by atoms with van der Waals surface area (Å²) in [6.45, 7) is 0. The highest BCUT2D eigenvalue weighted by Gasteiger charge is 2.22. The molecule has 0 spiro atoms. The van der Waals surface area contributed by atoms with Gasteiger partial charge in [-0.1, -0.05) is 12.1 Å². The second-order valence-electron chi connectivity index (χ2n) is 4.04. The van der Waals surface area contributed by atoms with Crippen LogP contribution in [-0.4, -0.2) is 23.6 Å². The summed E-state index contributed by atoms with van der Waals surface area (Å²) in [6, 6.07) is 9.69. The van der Waals surface area contributed by atoms with Gasteiger partial charge < -0.3 is 10.2 Å². The Morgan fingerprint density at radius 2 is 1.95 bits per heavy atom. The Kier molecular flexibility index (Phi) is 3.91. The fourth-order valence-corrected chi connectivity index (χ4v) is 2.66. The molecule has 2 aromatic rings. The van der Waals surface area contributed by atoms with Crippen LogP contribution in [-0.2, 0) is 9.84 Å². The van der Waals surface area contributed by atoms with E-state index in [-0.39, 0.29) is 16.3 Å². The van der Waals surface area contributed by atoms with Gasteiger partial charge in [0.15, 0.2) is 21.4 Å². The van der Waals surface area contributed by atoms with Gasteiger partial charge in [0.25, 0.3) is 0 Å². The number of hydrogen-bond acceptors (Lipinski definition) is 6. The lowest BCUT2D eigenvalue weighted by Gasteiger charge is -2.03. The van der Waals surface area contributed by atoms with E-state index in [1.54, 1.807) is 12.1 Å². The molecule has 0 fully saturated rings. The number of nitrogens with zero attached hydrogens (tertiary/aromatic N) is 2. The van der Waals surface area contributed by atoms with Crippen molar-refractivity contribution in [1.82, 2.24) is 4.98 Å². The number of allylic oxidation sites excluding steroid dienone is 1. The third kappa shape index (κ3) is 3.01. The van der Waals surface area contributed by atoms with Crippen LogP contribution in [0.25, 0.3) is 6.08 Å². The van der Waals surface area contributed by atoms with E-state index >= 15 is 0 Å². The number of rotatable bonds is 3. The van der Waals surface area contributed by atoms with Crippen LogP contribution in [0.1, 0.15) is 5.56 Å². The lowest BCUT2D eigenvalue weighted by Crippen LogP contribution is -2.05. The number of aromatic hydroxyl groups is 2. The smallest absolute Gasteiger partial charge is 0.233 e. The Bertz CT molecular complexity index is 837. The summed E-state index contributed by atoms with van der Waals surface area (Å²) in [5.74, 6) is -0.741. The van der Waals surface area contributed by atoms with Crippen molar-refractivity contribution >= 4 is 15.9 Å². The minimum Gasteiger partial charge on any atom is -0.504 e. The zero-order valence-corrected chi connectivity index (χ0v) is 11.4. The van der Waals surface area contributed by atoms with Gasteiger partial charge in [-0.2, -0.15) is 5.26 Å². The monoisotopic (exact) mass is 302 g/mol. The fourth-order valence-electron chi connectivity index (χ4n) is 1.57.